The predicted molar refractivity (Wildman–Crippen MR) is 67.4 cm³/mol. The van der Waals surface area contributed by atoms with Crippen LogP contribution in [-0.4, -0.2) is 25.1 Å². The Morgan fingerprint density at radius 2 is 2.17 bits per heavy atom. The van der Waals surface area contributed by atoms with E-state index in [9.17, 15) is 9.18 Å². The molecule has 0 saturated heterocycles. The van der Waals surface area contributed by atoms with Gasteiger partial charge in [0.2, 0.25) is 6.08 Å². The fraction of sp³-hybridized carbons (Fsp3) is 0.500. The molecular formula is C14H17FN2O. The smallest absolute Gasteiger partial charge is 0.235 e. The molecule has 2 rings (SSSR count). The van der Waals surface area contributed by atoms with Crippen molar-refractivity contribution in [1.82, 2.24) is 4.90 Å². The molecule has 0 bridgehead atoms. The van der Waals surface area contributed by atoms with E-state index in [1.165, 1.54) is 6.07 Å². The largest absolute Gasteiger partial charge is 0.305 e. The minimum absolute atomic E-state index is 0.228. The minimum atomic E-state index is -0.515. The van der Waals surface area contributed by atoms with Gasteiger partial charge in [0.25, 0.3) is 0 Å². The third kappa shape index (κ3) is 2.35. The molecule has 0 radical (unpaired) electrons. The summed E-state index contributed by atoms with van der Waals surface area (Å²) in [6, 6.07) is 5.17. The summed E-state index contributed by atoms with van der Waals surface area (Å²) in [5, 5.41) is 0. The number of hydrogen-bond acceptors (Lipinski definition) is 3. The van der Waals surface area contributed by atoms with E-state index in [4.69, 9.17) is 0 Å². The monoisotopic (exact) mass is 248 g/mol. The van der Waals surface area contributed by atoms with Crippen molar-refractivity contribution in [3.63, 3.8) is 0 Å². The molecule has 0 aliphatic heterocycles. The number of aliphatic imine (C=N–C) groups is 1. The molecule has 1 aromatic rings. The normalized spacial score (nSPS) is 17.1. The molecule has 1 fully saturated rings. The van der Waals surface area contributed by atoms with Crippen LogP contribution in [0.3, 0.4) is 0 Å². The van der Waals surface area contributed by atoms with Crippen LogP contribution in [0.15, 0.2) is 23.2 Å². The van der Waals surface area contributed by atoms with Crippen LogP contribution in [0.1, 0.15) is 30.4 Å². The summed E-state index contributed by atoms with van der Waals surface area (Å²) >= 11 is 0. The highest BCUT2D eigenvalue weighted by molar-refractivity contribution is 5.40. The lowest BCUT2D eigenvalue weighted by Gasteiger charge is -2.37. The van der Waals surface area contributed by atoms with E-state index in [-0.39, 0.29) is 5.82 Å². The van der Waals surface area contributed by atoms with Crippen molar-refractivity contribution in [3.8, 4) is 0 Å². The van der Waals surface area contributed by atoms with Crippen molar-refractivity contribution < 1.29 is 9.18 Å². The predicted octanol–water partition coefficient (Wildman–Crippen LogP) is 2.60. The molecular weight excluding hydrogens is 231 g/mol. The van der Waals surface area contributed by atoms with Crippen molar-refractivity contribution in [3.05, 3.63) is 35.1 Å². The van der Waals surface area contributed by atoms with Crippen LogP contribution in [0.25, 0.3) is 0 Å². The Morgan fingerprint density at radius 1 is 1.44 bits per heavy atom. The van der Waals surface area contributed by atoms with Crippen LogP contribution < -0.4 is 0 Å². The molecule has 1 saturated carbocycles. The molecule has 1 aromatic carbocycles. The highest BCUT2D eigenvalue weighted by Gasteiger charge is 2.39. The van der Waals surface area contributed by atoms with Gasteiger partial charge in [0.05, 0.1) is 5.54 Å². The van der Waals surface area contributed by atoms with E-state index in [0.29, 0.717) is 12.1 Å². The molecule has 0 heterocycles. The summed E-state index contributed by atoms with van der Waals surface area (Å²) in [5.41, 5.74) is 0.935. The van der Waals surface area contributed by atoms with Crippen LogP contribution in [0, 0.1) is 5.82 Å². The first-order valence-electron chi connectivity index (χ1n) is 6.10. The number of hydrogen-bond donors (Lipinski definition) is 0. The van der Waals surface area contributed by atoms with E-state index >= 15 is 0 Å². The summed E-state index contributed by atoms with van der Waals surface area (Å²) < 4.78 is 14.0. The second-order valence-electron chi connectivity index (χ2n) is 5.13. The second-order valence-corrected chi connectivity index (χ2v) is 5.13. The lowest BCUT2D eigenvalue weighted by molar-refractivity contribution is 0.255. The lowest BCUT2D eigenvalue weighted by Crippen LogP contribution is -2.32. The summed E-state index contributed by atoms with van der Waals surface area (Å²) in [6.45, 7) is 0.566. The Labute approximate surface area is 106 Å². The maximum absolute atomic E-state index is 14.0. The number of carbonyl (C=O) groups excluding carboxylic acids is 1. The van der Waals surface area contributed by atoms with Gasteiger partial charge in [-0.2, -0.15) is 4.99 Å². The number of halogens is 1. The quantitative estimate of drug-likeness (QED) is 0.606. The van der Waals surface area contributed by atoms with Crippen LogP contribution in [0.4, 0.5) is 4.39 Å². The molecule has 1 aliphatic rings. The first-order chi connectivity index (χ1) is 8.57. The van der Waals surface area contributed by atoms with Gasteiger partial charge < -0.3 is 4.90 Å². The summed E-state index contributed by atoms with van der Waals surface area (Å²) in [4.78, 5) is 16.3. The Kier molecular flexibility index (Phi) is 3.60. The van der Waals surface area contributed by atoms with Gasteiger partial charge in [-0.1, -0.05) is 12.1 Å². The fourth-order valence-corrected chi connectivity index (χ4v) is 2.37. The van der Waals surface area contributed by atoms with Crippen molar-refractivity contribution >= 4 is 6.08 Å². The third-order valence-corrected chi connectivity index (χ3v) is 3.52. The molecule has 96 valence electrons. The first kappa shape index (κ1) is 12.9. The van der Waals surface area contributed by atoms with Crippen LogP contribution in [0.2, 0.25) is 0 Å². The van der Waals surface area contributed by atoms with Gasteiger partial charge in [0, 0.05) is 12.1 Å². The summed E-state index contributed by atoms with van der Waals surface area (Å²) in [7, 11) is 3.80. The number of rotatable bonds is 4. The van der Waals surface area contributed by atoms with Crippen molar-refractivity contribution in [2.45, 2.75) is 31.3 Å². The van der Waals surface area contributed by atoms with Gasteiger partial charge in [-0.15, -0.1) is 0 Å². The highest BCUT2D eigenvalue weighted by atomic mass is 19.1. The topological polar surface area (TPSA) is 32.7 Å². The Bertz CT molecular complexity index is 489. The number of nitrogens with zero attached hydrogens (tertiary/aromatic N) is 2. The Balaban J connectivity index is 2.31. The molecule has 0 spiro atoms. The standard InChI is InChI=1S/C14H17FN2O/c1-17(2)9-11-4-5-12(8-13(11)15)14(16-10-18)6-3-7-14/h4-5,8H,3,6-7,9H2,1-2H3. The average Bonchev–Trinajstić information content (AvgIpc) is 2.26. The molecule has 0 amide bonds. The Hall–Kier alpha value is -1.51. The number of benzene rings is 1. The molecule has 0 N–H and O–H groups in total. The zero-order valence-corrected chi connectivity index (χ0v) is 10.7. The van der Waals surface area contributed by atoms with Crippen LogP contribution in [-0.2, 0) is 16.9 Å². The minimum Gasteiger partial charge on any atom is -0.305 e. The molecule has 1 aliphatic carbocycles. The second kappa shape index (κ2) is 5.01. The van der Waals surface area contributed by atoms with Gasteiger partial charge in [-0.3, -0.25) is 0 Å². The van der Waals surface area contributed by atoms with Crippen LogP contribution >= 0.6 is 0 Å². The molecule has 18 heavy (non-hydrogen) atoms. The molecule has 0 unspecified atom stereocenters. The SMILES string of the molecule is CN(C)Cc1ccc(C2(N=C=O)CCC2)cc1F. The zero-order valence-electron chi connectivity index (χ0n) is 10.7. The first-order valence-corrected chi connectivity index (χ1v) is 6.10. The maximum atomic E-state index is 14.0. The lowest BCUT2D eigenvalue weighted by atomic mass is 9.72. The maximum Gasteiger partial charge on any atom is 0.235 e. The molecule has 0 aromatic heterocycles. The molecule has 4 heteroatoms. The third-order valence-electron chi connectivity index (χ3n) is 3.52. The van der Waals surface area contributed by atoms with Gasteiger partial charge in [0.1, 0.15) is 5.82 Å². The summed E-state index contributed by atoms with van der Waals surface area (Å²) in [5.74, 6) is -0.228. The van der Waals surface area contributed by atoms with E-state index < -0.39 is 5.54 Å². The van der Waals surface area contributed by atoms with Crippen LogP contribution in [0.5, 0.6) is 0 Å². The highest BCUT2D eigenvalue weighted by Crippen LogP contribution is 2.44. The van der Waals surface area contributed by atoms with E-state index in [0.717, 1.165) is 24.8 Å². The molecule has 0 atom stereocenters. The number of isocyanates is 1. The van der Waals surface area contributed by atoms with Gasteiger partial charge in [-0.25, -0.2) is 9.18 Å². The van der Waals surface area contributed by atoms with E-state index in [1.54, 1.807) is 12.1 Å². The van der Waals surface area contributed by atoms with Crippen molar-refractivity contribution in [2.75, 3.05) is 14.1 Å². The van der Waals surface area contributed by atoms with Gasteiger partial charge in [0.15, 0.2) is 0 Å². The fourth-order valence-electron chi connectivity index (χ4n) is 2.37. The van der Waals surface area contributed by atoms with Crippen molar-refractivity contribution in [1.29, 1.82) is 0 Å². The molecule has 3 nitrogen and oxygen atoms in total. The van der Waals surface area contributed by atoms with Crippen molar-refractivity contribution in [2.24, 2.45) is 4.99 Å². The Morgan fingerprint density at radius 3 is 2.61 bits per heavy atom. The van der Waals surface area contributed by atoms with Gasteiger partial charge in [-0.05, 0) is 45.0 Å². The van der Waals surface area contributed by atoms with Gasteiger partial charge >= 0.3 is 0 Å². The average molecular weight is 248 g/mol. The van der Waals surface area contributed by atoms with E-state index in [1.807, 2.05) is 25.1 Å². The summed E-state index contributed by atoms with van der Waals surface area (Å²) in [6.07, 6.45) is 4.24. The van der Waals surface area contributed by atoms with E-state index in [2.05, 4.69) is 4.99 Å². The zero-order chi connectivity index (χ0) is 13.2.